The molecule has 2 rings (SSSR count). The van der Waals surface area contributed by atoms with Gasteiger partial charge in [-0.15, -0.1) is 0 Å². The third-order valence-corrected chi connectivity index (χ3v) is 3.99. The van der Waals surface area contributed by atoms with E-state index in [1.165, 1.54) is 6.42 Å². The minimum absolute atomic E-state index is 0.152. The second-order valence-corrected chi connectivity index (χ2v) is 5.42. The smallest absolute Gasteiger partial charge is 0.248 e. The Morgan fingerprint density at radius 1 is 1.32 bits per heavy atom. The van der Waals surface area contributed by atoms with Gasteiger partial charge in [-0.2, -0.15) is 0 Å². The van der Waals surface area contributed by atoms with E-state index in [1.807, 2.05) is 18.2 Å². The normalized spacial score (nSPS) is 18.2. The zero-order chi connectivity index (χ0) is 13.7. The number of nitrogens with one attached hydrogen (secondary N) is 1. The van der Waals surface area contributed by atoms with E-state index in [-0.39, 0.29) is 12.1 Å². The number of amides is 1. The van der Waals surface area contributed by atoms with E-state index < -0.39 is 5.91 Å². The minimum Gasteiger partial charge on any atom is -0.394 e. The Bertz CT molecular complexity index is 440. The Kier molecular flexibility index (Phi) is 4.56. The molecule has 0 saturated heterocycles. The van der Waals surface area contributed by atoms with Crippen LogP contribution in [-0.2, 0) is 6.54 Å². The molecule has 0 aliphatic heterocycles. The van der Waals surface area contributed by atoms with E-state index in [4.69, 9.17) is 5.73 Å². The molecule has 0 unspecified atom stereocenters. The molecule has 4 N–H and O–H groups in total. The Hall–Kier alpha value is -1.39. The van der Waals surface area contributed by atoms with E-state index in [0.29, 0.717) is 12.1 Å². The highest BCUT2D eigenvalue weighted by Crippen LogP contribution is 2.28. The van der Waals surface area contributed by atoms with Crippen LogP contribution in [0.2, 0.25) is 0 Å². The third-order valence-electron chi connectivity index (χ3n) is 3.99. The third kappa shape index (κ3) is 3.55. The molecule has 0 heterocycles. The van der Waals surface area contributed by atoms with E-state index in [2.05, 4.69) is 5.32 Å². The lowest BCUT2D eigenvalue weighted by molar-refractivity contribution is 0.1000. The fraction of sp³-hybridized carbons (Fsp3) is 0.533. The first kappa shape index (κ1) is 14.0. The van der Waals surface area contributed by atoms with E-state index in [9.17, 15) is 9.90 Å². The van der Waals surface area contributed by atoms with Crippen LogP contribution in [0.1, 0.15) is 48.0 Å². The van der Waals surface area contributed by atoms with Crippen LogP contribution in [0.3, 0.4) is 0 Å². The van der Waals surface area contributed by atoms with Crippen molar-refractivity contribution in [3.8, 4) is 0 Å². The highest BCUT2D eigenvalue weighted by molar-refractivity contribution is 5.92. The quantitative estimate of drug-likeness (QED) is 0.754. The van der Waals surface area contributed by atoms with Crippen molar-refractivity contribution in [2.45, 2.75) is 44.2 Å². The number of rotatable bonds is 5. The van der Waals surface area contributed by atoms with Gasteiger partial charge >= 0.3 is 0 Å². The first-order valence-electron chi connectivity index (χ1n) is 6.90. The number of carbonyl (C=O) groups is 1. The molecule has 1 fully saturated rings. The van der Waals surface area contributed by atoms with Crippen LogP contribution < -0.4 is 11.1 Å². The topological polar surface area (TPSA) is 75.4 Å². The molecule has 1 aromatic rings. The summed E-state index contributed by atoms with van der Waals surface area (Å²) >= 11 is 0. The number of hydrogen-bond acceptors (Lipinski definition) is 3. The molecule has 1 aromatic carbocycles. The summed E-state index contributed by atoms with van der Waals surface area (Å²) in [5, 5.41) is 13.1. The Balaban J connectivity index is 2.00. The molecule has 0 bridgehead atoms. The maximum atomic E-state index is 11.1. The lowest BCUT2D eigenvalue weighted by Crippen LogP contribution is -2.49. The summed E-state index contributed by atoms with van der Waals surface area (Å²) in [6.45, 7) is 0.824. The first-order chi connectivity index (χ1) is 9.15. The molecule has 104 valence electrons. The van der Waals surface area contributed by atoms with Crippen molar-refractivity contribution in [3.05, 3.63) is 35.4 Å². The van der Waals surface area contributed by atoms with Crippen LogP contribution in [0.5, 0.6) is 0 Å². The summed E-state index contributed by atoms with van der Waals surface area (Å²) < 4.78 is 0. The van der Waals surface area contributed by atoms with Gasteiger partial charge in [0.25, 0.3) is 0 Å². The Labute approximate surface area is 114 Å². The first-order valence-corrected chi connectivity index (χ1v) is 6.90. The predicted molar refractivity (Wildman–Crippen MR) is 74.7 cm³/mol. The summed E-state index contributed by atoms with van der Waals surface area (Å²) in [6.07, 6.45) is 5.60. The molecular formula is C15H22N2O2. The average Bonchev–Trinajstić information content (AvgIpc) is 2.46. The molecule has 1 aliphatic carbocycles. The minimum atomic E-state index is -0.406. The van der Waals surface area contributed by atoms with Crippen molar-refractivity contribution in [2.24, 2.45) is 5.73 Å². The molecule has 4 heteroatoms. The number of primary amides is 1. The van der Waals surface area contributed by atoms with E-state index in [1.54, 1.807) is 6.07 Å². The van der Waals surface area contributed by atoms with Crippen molar-refractivity contribution in [1.29, 1.82) is 0 Å². The van der Waals surface area contributed by atoms with E-state index in [0.717, 1.165) is 31.2 Å². The van der Waals surface area contributed by atoms with Crippen LogP contribution in [0.4, 0.5) is 0 Å². The van der Waals surface area contributed by atoms with Gasteiger partial charge in [-0.1, -0.05) is 31.4 Å². The highest BCUT2D eigenvalue weighted by atomic mass is 16.3. The van der Waals surface area contributed by atoms with Gasteiger partial charge in [0.15, 0.2) is 0 Å². The van der Waals surface area contributed by atoms with Gasteiger partial charge in [-0.3, -0.25) is 4.79 Å². The zero-order valence-electron chi connectivity index (χ0n) is 11.2. The van der Waals surface area contributed by atoms with Gasteiger partial charge < -0.3 is 16.2 Å². The zero-order valence-corrected chi connectivity index (χ0v) is 11.2. The number of nitrogens with two attached hydrogens (primary N) is 1. The fourth-order valence-electron chi connectivity index (χ4n) is 2.74. The van der Waals surface area contributed by atoms with Gasteiger partial charge in [-0.25, -0.2) is 0 Å². The maximum Gasteiger partial charge on any atom is 0.248 e. The molecule has 0 radical (unpaired) electrons. The molecular weight excluding hydrogens is 240 g/mol. The van der Waals surface area contributed by atoms with Gasteiger partial charge in [0.05, 0.1) is 6.61 Å². The predicted octanol–water partition coefficient (Wildman–Crippen LogP) is 1.57. The number of aliphatic hydroxyl groups excluding tert-OH is 1. The molecule has 0 atom stereocenters. The molecule has 1 aliphatic rings. The van der Waals surface area contributed by atoms with Gasteiger partial charge in [-0.05, 0) is 30.5 Å². The number of carbonyl (C=O) groups excluding carboxylic acids is 1. The second-order valence-electron chi connectivity index (χ2n) is 5.42. The molecule has 1 saturated carbocycles. The monoisotopic (exact) mass is 262 g/mol. The van der Waals surface area contributed by atoms with Crippen molar-refractivity contribution in [3.63, 3.8) is 0 Å². The summed E-state index contributed by atoms with van der Waals surface area (Å²) in [6, 6.07) is 7.33. The summed E-state index contributed by atoms with van der Waals surface area (Å²) in [7, 11) is 0. The van der Waals surface area contributed by atoms with Gasteiger partial charge in [0.1, 0.15) is 0 Å². The Morgan fingerprint density at radius 3 is 2.68 bits per heavy atom. The van der Waals surface area contributed by atoms with Gasteiger partial charge in [0.2, 0.25) is 5.91 Å². The van der Waals surface area contributed by atoms with Gasteiger partial charge in [0, 0.05) is 17.6 Å². The summed E-state index contributed by atoms with van der Waals surface area (Å²) in [4.78, 5) is 11.1. The number of aliphatic hydroxyl groups is 1. The van der Waals surface area contributed by atoms with Crippen LogP contribution in [-0.4, -0.2) is 23.2 Å². The number of hydrogen-bond donors (Lipinski definition) is 3. The van der Waals surface area contributed by atoms with E-state index >= 15 is 0 Å². The van der Waals surface area contributed by atoms with Crippen LogP contribution in [0.25, 0.3) is 0 Å². The van der Waals surface area contributed by atoms with Crippen molar-refractivity contribution in [2.75, 3.05) is 6.61 Å². The fourth-order valence-corrected chi connectivity index (χ4v) is 2.74. The molecule has 1 amide bonds. The second kappa shape index (κ2) is 6.17. The molecule has 19 heavy (non-hydrogen) atoms. The van der Waals surface area contributed by atoms with Crippen molar-refractivity contribution in [1.82, 2.24) is 5.32 Å². The largest absolute Gasteiger partial charge is 0.394 e. The average molecular weight is 262 g/mol. The maximum absolute atomic E-state index is 11.1. The molecule has 0 spiro atoms. The number of benzene rings is 1. The Morgan fingerprint density at radius 2 is 2.05 bits per heavy atom. The SMILES string of the molecule is NC(=O)c1cccc(CNC2(CO)CCCCC2)c1. The van der Waals surface area contributed by atoms with Crippen LogP contribution in [0, 0.1) is 0 Å². The van der Waals surface area contributed by atoms with Crippen molar-refractivity contribution >= 4 is 5.91 Å². The lowest BCUT2D eigenvalue weighted by atomic mass is 9.82. The standard InChI is InChI=1S/C15H22N2O2/c16-14(19)13-6-4-5-12(9-13)10-17-15(11-18)7-2-1-3-8-15/h4-6,9,17-18H,1-3,7-8,10-11H2,(H2,16,19). The summed E-state index contributed by atoms with van der Waals surface area (Å²) in [5.41, 5.74) is 6.67. The van der Waals surface area contributed by atoms with Crippen molar-refractivity contribution < 1.29 is 9.90 Å². The molecule has 4 nitrogen and oxygen atoms in total. The summed E-state index contributed by atoms with van der Waals surface area (Å²) in [5.74, 6) is -0.406. The highest BCUT2D eigenvalue weighted by Gasteiger charge is 2.30. The van der Waals surface area contributed by atoms with Crippen LogP contribution in [0.15, 0.2) is 24.3 Å². The lowest BCUT2D eigenvalue weighted by Gasteiger charge is -2.36. The molecule has 0 aromatic heterocycles. The van der Waals surface area contributed by atoms with Crippen LogP contribution >= 0.6 is 0 Å².